The number of nitrogens with zero attached hydrogens (tertiary/aromatic N) is 2. The van der Waals surface area contributed by atoms with Crippen LogP contribution in [0, 0.1) is 13.8 Å². The molecule has 0 saturated heterocycles. The first kappa shape index (κ1) is 16.0. The summed E-state index contributed by atoms with van der Waals surface area (Å²) in [5.41, 5.74) is 1.98. The molecule has 1 aromatic heterocycles. The third-order valence-electron chi connectivity index (χ3n) is 3.70. The highest BCUT2D eigenvalue weighted by molar-refractivity contribution is 5.94. The molecule has 3 aromatic rings. The molecular formula is C17H14F3N3O. The van der Waals surface area contributed by atoms with Gasteiger partial charge in [0.05, 0.1) is 16.8 Å². The summed E-state index contributed by atoms with van der Waals surface area (Å²) in [5, 5.41) is 18.1. The number of alkyl halides is 3. The Morgan fingerprint density at radius 3 is 2.46 bits per heavy atom. The molecule has 0 aliphatic rings. The normalized spacial score (nSPS) is 12.4. The Morgan fingerprint density at radius 1 is 1.00 bits per heavy atom. The third-order valence-corrected chi connectivity index (χ3v) is 3.70. The first-order valence-electron chi connectivity index (χ1n) is 7.16. The molecule has 0 amide bonds. The van der Waals surface area contributed by atoms with Crippen LogP contribution < -0.4 is 0 Å². The number of halogens is 3. The van der Waals surface area contributed by atoms with Gasteiger partial charge in [-0.25, -0.2) is 0 Å². The van der Waals surface area contributed by atoms with E-state index in [-0.39, 0.29) is 17.0 Å². The highest BCUT2D eigenvalue weighted by Crippen LogP contribution is 2.40. The number of hydrogen-bond acceptors (Lipinski definition) is 3. The maximum absolute atomic E-state index is 12.9. The molecule has 0 bridgehead atoms. The average molecular weight is 333 g/mol. The lowest BCUT2D eigenvalue weighted by Crippen LogP contribution is -2.03. The van der Waals surface area contributed by atoms with Gasteiger partial charge in [-0.15, -0.1) is 5.11 Å². The van der Waals surface area contributed by atoms with Crippen molar-refractivity contribution in [3.05, 3.63) is 53.1 Å². The number of fused-ring (bicyclic) bond motifs is 1. The largest absolute Gasteiger partial charge is 0.493 e. The predicted octanol–water partition coefficient (Wildman–Crippen LogP) is 5.92. The van der Waals surface area contributed by atoms with E-state index in [1.807, 2.05) is 32.0 Å². The predicted molar refractivity (Wildman–Crippen MR) is 85.1 cm³/mol. The quantitative estimate of drug-likeness (QED) is 0.561. The molecule has 3 rings (SSSR count). The van der Waals surface area contributed by atoms with Gasteiger partial charge in [0.15, 0.2) is 5.69 Å². The second-order valence-electron chi connectivity index (χ2n) is 5.57. The number of nitrogens with one attached hydrogen (secondary N) is 1. The molecule has 0 aliphatic heterocycles. The average Bonchev–Trinajstić information content (AvgIpc) is 2.82. The topological polar surface area (TPSA) is 60.7 Å². The van der Waals surface area contributed by atoms with Gasteiger partial charge in [-0.1, -0.05) is 12.1 Å². The third kappa shape index (κ3) is 2.97. The van der Waals surface area contributed by atoms with Crippen LogP contribution in [-0.4, -0.2) is 10.1 Å². The molecule has 7 heteroatoms. The van der Waals surface area contributed by atoms with Crippen molar-refractivity contribution in [1.29, 1.82) is 0 Å². The van der Waals surface area contributed by atoms with Crippen molar-refractivity contribution in [3.63, 3.8) is 0 Å². The molecule has 24 heavy (non-hydrogen) atoms. The fraction of sp³-hybridized carbons (Fsp3) is 0.176. The van der Waals surface area contributed by atoms with Gasteiger partial charge in [0, 0.05) is 5.39 Å². The Balaban J connectivity index is 2.10. The standard InChI is InChI=1S/C17H14F3N3O/c1-9-3-4-10(2)14(7-9)22-23-15-12-8-11(17(18,19)20)5-6-13(12)21-16(15)24/h3-8,21,24H,1-2H3. The number of azo groups is 1. The van der Waals surface area contributed by atoms with Crippen LogP contribution in [-0.2, 0) is 6.18 Å². The van der Waals surface area contributed by atoms with Crippen molar-refractivity contribution >= 4 is 22.3 Å². The summed E-state index contributed by atoms with van der Waals surface area (Å²) >= 11 is 0. The van der Waals surface area contributed by atoms with E-state index < -0.39 is 11.7 Å². The lowest BCUT2D eigenvalue weighted by atomic mass is 10.1. The van der Waals surface area contributed by atoms with Crippen LogP contribution in [0.3, 0.4) is 0 Å². The molecule has 0 saturated carbocycles. The zero-order chi connectivity index (χ0) is 17.5. The van der Waals surface area contributed by atoms with E-state index in [1.165, 1.54) is 6.07 Å². The number of benzene rings is 2. The second kappa shape index (κ2) is 5.67. The van der Waals surface area contributed by atoms with Crippen LogP contribution >= 0.6 is 0 Å². The van der Waals surface area contributed by atoms with E-state index in [0.717, 1.165) is 23.3 Å². The van der Waals surface area contributed by atoms with Gasteiger partial charge < -0.3 is 10.1 Å². The van der Waals surface area contributed by atoms with Gasteiger partial charge in [0.2, 0.25) is 5.88 Å². The summed E-state index contributed by atoms with van der Waals surface area (Å²) in [6, 6.07) is 8.77. The summed E-state index contributed by atoms with van der Waals surface area (Å²) < 4.78 is 38.6. The van der Waals surface area contributed by atoms with Gasteiger partial charge in [-0.3, -0.25) is 0 Å². The molecule has 0 spiro atoms. The highest BCUT2D eigenvalue weighted by atomic mass is 19.4. The van der Waals surface area contributed by atoms with E-state index >= 15 is 0 Å². The molecule has 1 heterocycles. The Kier molecular flexibility index (Phi) is 3.79. The lowest BCUT2D eigenvalue weighted by molar-refractivity contribution is -0.137. The van der Waals surface area contributed by atoms with Crippen LogP contribution in [0.2, 0.25) is 0 Å². The van der Waals surface area contributed by atoms with Gasteiger partial charge in [0.25, 0.3) is 0 Å². The van der Waals surface area contributed by atoms with E-state index in [4.69, 9.17) is 0 Å². The summed E-state index contributed by atoms with van der Waals surface area (Å²) in [4.78, 5) is 2.60. The van der Waals surface area contributed by atoms with Crippen LogP contribution in [0.1, 0.15) is 16.7 Å². The number of aromatic nitrogens is 1. The second-order valence-corrected chi connectivity index (χ2v) is 5.57. The molecule has 4 nitrogen and oxygen atoms in total. The summed E-state index contributed by atoms with van der Waals surface area (Å²) in [6.45, 7) is 3.75. The van der Waals surface area contributed by atoms with E-state index in [9.17, 15) is 18.3 Å². The Hall–Kier alpha value is -2.83. The molecule has 2 aromatic carbocycles. The minimum Gasteiger partial charge on any atom is -0.493 e. The minimum atomic E-state index is -4.47. The molecule has 0 radical (unpaired) electrons. The lowest BCUT2D eigenvalue weighted by Gasteiger charge is -2.06. The van der Waals surface area contributed by atoms with Crippen molar-refractivity contribution in [1.82, 2.24) is 4.98 Å². The zero-order valence-corrected chi connectivity index (χ0v) is 12.9. The number of rotatable bonds is 2. The van der Waals surface area contributed by atoms with Crippen molar-refractivity contribution in [2.45, 2.75) is 20.0 Å². The number of H-pyrrole nitrogens is 1. The first-order valence-corrected chi connectivity index (χ1v) is 7.16. The molecular weight excluding hydrogens is 319 g/mol. The maximum Gasteiger partial charge on any atom is 0.416 e. The van der Waals surface area contributed by atoms with Crippen LogP contribution in [0.15, 0.2) is 46.6 Å². The minimum absolute atomic E-state index is 0.0167. The van der Waals surface area contributed by atoms with Crippen molar-refractivity contribution in [3.8, 4) is 5.88 Å². The fourth-order valence-corrected chi connectivity index (χ4v) is 2.37. The van der Waals surface area contributed by atoms with Crippen molar-refractivity contribution < 1.29 is 18.3 Å². The van der Waals surface area contributed by atoms with Gasteiger partial charge >= 0.3 is 6.18 Å². The Labute approximate surface area is 135 Å². The van der Waals surface area contributed by atoms with Crippen LogP contribution in [0.5, 0.6) is 5.88 Å². The monoisotopic (exact) mass is 333 g/mol. The molecule has 0 atom stereocenters. The number of aromatic amines is 1. The highest BCUT2D eigenvalue weighted by Gasteiger charge is 2.31. The zero-order valence-electron chi connectivity index (χ0n) is 12.9. The van der Waals surface area contributed by atoms with Gasteiger partial charge in [-0.2, -0.15) is 18.3 Å². The number of aryl methyl sites for hydroxylation is 2. The number of aromatic hydroxyl groups is 1. The first-order chi connectivity index (χ1) is 11.3. The molecule has 124 valence electrons. The van der Waals surface area contributed by atoms with Crippen molar-refractivity contribution in [2.75, 3.05) is 0 Å². The Bertz CT molecular complexity index is 942. The molecule has 2 N–H and O–H groups in total. The Morgan fingerprint density at radius 2 is 1.75 bits per heavy atom. The number of hydrogen-bond donors (Lipinski definition) is 2. The van der Waals surface area contributed by atoms with Crippen molar-refractivity contribution in [2.24, 2.45) is 10.2 Å². The van der Waals surface area contributed by atoms with E-state index in [2.05, 4.69) is 15.2 Å². The summed E-state index contributed by atoms with van der Waals surface area (Å²) in [7, 11) is 0. The molecule has 0 unspecified atom stereocenters. The maximum atomic E-state index is 12.9. The van der Waals surface area contributed by atoms with Crippen LogP contribution in [0.4, 0.5) is 24.5 Å². The fourth-order valence-electron chi connectivity index (χ4n) is 2.37. The summed E-state index contributed by atoms with van der Waals surface area (Å²) in [5.74, 6) is -0.321. The smallest absolute Gasteiger partial charge is 0.416 e. The van der Waals surface area contributed by atoms with E-state index in [0.29, 0.717) is 11.2 Å². The summed E-state index contributed by atoms with van der Waals surface area (Å²) in [6.07, 6.45) is -4.47. The molecule has 0 fully saturated rings. The SMILES string of the molecule is Cc1ccc(C)c(N=Nc2c(O)[nH]c3ccc(C(F)(F)F)cc23)c1. The van der Waals surface area contributed by atoms with Crippen LogP contribution in [0.25, 0.3) is 10.9 Å². The van der Waals surface area contributed by atoms with Gasteiger partial charge in [-0.05, 0) is 49.2 Å². The van der Waals surface area contributed by atoms with Gasteiger partial charge in [0.1, 0.15) is 0 Å². The molecule has 0 aliphatic carbocycles. The van der Waals surface area contributed by atoms with E-state index in [1.54, 1.807) is 0 Å².